The topological polar surface area (TPSA) is 112 Å². The van der Waals surface area contributed by atoms with Crippen LogP contribution in [0, 0.1) is 10.1 Å². The number of rotatable bonds is 8. The van der Waals surface area contributed by atoms with E-state index < -0.39 is 4.92 Å². The Morgan fingerprint density at radius 1 is 1.21 bits per heavy atom. The van der Waals surface area contributed by atoms with Crippen molar-refractivity contribution >= 4 is 29.0 Å². The summed E-state index contributed by atoms with van der Waals surface area (Å²) in [5.74, 6) is 1.24. The predicted octanol–water partition coefficient (Wildman–Crippen LogP) is 3.52. The molecule has 29 heavy (non-hydrogen) atoms. The minimum Gasteiger partial charge on any atom is -0.493 e. The molecule has 0 saturated heterocycles. The van der Waals surface area contributed by atoms with Crippen LogP contribution in [0.4, 0.5) is 11.4 Å². The van der Waals surface area contributed by atoms with Crippen molar-refractivity contribution in [2.75, 3.05) is 17.7 Å². The predicted molar refractivity (Wildman–Crippen MR) is 110 cm³/mol. The van der Waals surface area contributed by atoms with Crippen LogP contribution >= 0.6 is 11.8 Å². The number of aromatic nitrogens is 3. The highest BCUT2D eigenvalue weighted by molar-refractivity contribution is 7.99. The van der Waals surface area contributed by atoms with Gasteiger partial charge in [-0.3, -0.25) is 14.9 Å². The van der Waals surface area contributed by atoms with Crippen LogP contribution in [0.25, 0.3) is 11.4 Å². The molecule has 1 amide bonds. The maximum Gasteiger partial charge on any atom is 0.269 e. The molecule has 10 heteroatoms. The van der Waals surface area contributed by atoms with Gasteiger partial charge < -0.3 is 14.6 Å². The number of benzene rings is 2. The molecule has 0 fully saturated rings. The molecule has 1 aromatic heterocycles. The number of nitro groups is 1. The van der Waals surface area contributed by atoms with Crippen molar-refractivity contribution in [2.45, 2.75) is 12.1 Å². The molecule has 9 nitrogen and oxygen atoms in total. The zero-order valence-corrected chi connectivity index (χ0v) is 16.7. The quantitative estimate of drug-likeness (QED) is 0.341. The molecule has 1 N–H and O–H groups in total. The van der Waals surface area contributed by atoms with E-state index in [-0.39, 0.29) is 17.3 Å². The number of hydrogen-bond donors (Lipinski definition) is 1. The summed E-state index contributed by atoms with van der Waals surface area (Å²) in [4.78, 5) is 22.4. The number of ether oxygens (including phenoxy) is 1. The second-order valence-electron chi connectivity index (χ2n) is 5.94. The largest absolute Gasteiger partial charge is 0.493 e. The number of anilines is 1. The summed E-state index contributed by atoms with van der Waals surface area (Å²) in [5, 5.41) is 22.4. The van der Waals surface area contributed by atoms with Gasteiger partial charge in [-0.1, -0.05) is 23.9 Å². The summed E-state index contributed by atoms with van der Waals surface area (Å²) in [7, 11) is 1.83. The van der Waals surface area contributed by atoms with Crippen LogP contribution < -0.4 is 10.1 Å². The average molecular weight is 413 g/mol. The molecule has 150 valence electrons. The summed E-state index contributed by atoms with van der Waals surface area (Å²) in [6.45, 7) is 2.46. The normalized spacial score (nSPS) is 10.6. The standard InChI is InChI=1S/C19H19N5O4S/c1-3-28-16-7-5-4-6-15(16)18-21-22-19(23(18)2)29-12-17(25)20-13-8-10-14(11-9-13)24(26)27/h4-11H,3,12H2,1-2H3,(H,20,25). The SMILES string of the molecule is CCOc1ccccc1-c1nnc(SCC(=O)Nc2ccc([N+](=O)[O-])cc2)n1C. The zero-order valence-electron chi connectivity index (χ0n) is 15.9. The first-order chi connectivity index (χ1) is 14.0. The second kappa shape index (κ2) is 9.20. The van der Waals surface area contributed by atoms with Gasteiger partial charge in [0.05, 0.1) is 22.8 Å². The maximum absolute atomic E-state index is 12.2. The maximum atomic E-state index is 12.2. The lowest BCUT2D eigenvalue weighted by Crippen LogP contribution is -2.14. The molecule has 3 rings (SSSR count). The summed E-state index contributed by atoms with van der Waals surface area (Å²) in [6.07, 6.45) is 0. The van der Waals surface area contributed by atoms with Gasteiger partial charge in [-0.15, -0.1) is 10.2 Å². The first kappa shape index (κ1) is 20.3. The van der Waals surface area contributed by atoms with Crippen LogP contribution in [-0.2, 0) is 11.8 Å². The monoisotopic (exact) mass is 413 g/mol. The number of nitro benzene ring substituents is 1. The first-order valence-corrected chi connectivity index (χ1v) is 9.77. The number of hydrogen-bond acceptors (Lipinski definition) is 7. The molecule has 0 radical (unpaired) electrons. The number of nitrogens with one attached hydrogen (secondary N) is 1. The van der Waals surface area contributed by atoms with E-state index >= 15 is 0 Å². The lowest BCUT2D eigenvalue weighted by Gasteiger charge is -2.09. The second-order valence-corrected chi connectivity index (χ2v) is 6.88. The lowest BCUT2D eigenvalue weighted by atomic mass is 10.2. The Morgan fingerprint density at radius 2 is 1.93 bits per heavy atom. The smallest absolute Gasteiger partial charge is 0.269 e. The number of nitrogens with zero attached hydrogens (tertiary/aromatic N) is 4. The summed E-state index contributed by atoms with van der Waals surface area (Å²) in [5.41, 5.74) is 1.29. The van der Waals surface area contributed by atoms with E-state index in [1.165, 1.54) is 36.0 Å². The van der Waals surface area contributed by atoms with Crippen molar-refractivity contribution in [3.05, 3.63) is 58.6 Å². The van der Waals surface area contributed by atoms with Gasteiger partial charge in [-0.05, 0) is 31.2 Å². The van der Waals surface area contributed by atoms with Crippen LogP contribution in [0.15, 0.2) is 53.7 Å². The number of thioether (sulfide) groups is 1. The minimum absolute atomic E-state index is 0.0312. The van der Waals surface area contributed by atoms with Gasteiger partial charge in [-0.25, -0.2) is 0 Å². The van der Waals surface area contributed by atoms with Crippen LogP contribution in [0.3, 0.4) is 0 Å². The molecule has 0 saturated carbocycles. The fourth-order valence-electron chi connectivity index (χ4n) is 2.60. The zero-order chi connectivity index (χ0) is 20.8. The highest BCUT2D eigenvalue weighted by Crippen LogP contribution is 2.30. The van der Waals surface area contributed by atoms with Gasteiger partial charge in [0.1, 0.15) is 5.75 Å². The molecule has 0 unspecified atom stereocenters. The van der Waals surface area contributed by atoms with E-state index in [9.17, 15) is 14.9 Å². The van der Waals surface area contributed by atoms with Crippen molar-refractivity contribution in [1.29, 1.82) is 0 Å². The number of carbonyl (C=O) groups excluding carboxylic acids is 1. The Kier molecular flexibility index (Phi) is 6.45. The van der Waals surface area contributed by atoms with Crippen molar-refractivity contribution in [3.8, 4) is 17.1 Å². The Morgan fingerprint density at radius 3 is 2.62 bits per heavy atom. The van der Waals surface area contributed by atoms with E-state index in [1.54, 1.807) is 0 Å². The fourth-order valence-corrected chi connectivity index (χ4v) is 3.31. The number of carbonyl (C=O) groups is 1. The summed E-state index contributed by atoms with van der Waals surface area (Å²) >= 11 is 1.25. The van der Waals surface area contributed by atoms with Gasteiger partial charge in [0, 0.05) is 24.9 Å². The molecule has 0 aliphatic heterocycles. The molecule has 2 aromatic carbocycles. The Hall–Kier alpha value is -3.40. The van der Waals surface area contributed by atoms with Crippen LogP contribution in [0.2, 0.25) is 0 Å². The van der Waals surface area contributed by atoms with Gasteiger partial charge >= 0.3 is 0 Å². The summed E-state index contributed by atoms with van der Waals surface area (Å²) < 4.78 is 7.46. The first-order valence-electron chi connectivity index (χ1n) is 8.78. The van der Waals surface area contributed by atoms with Crippen LogP contribution in [0.1, 0.15) is 6.92 Å². The molecule has 0 aliphatic rings. The van der Waals surface area contributed by atoms with Gasteiger partial charge in [0.25, 0.3) is 5.69 Å². The molecule has 0 aliphatic carbocycles. The third kappa shape index (κ3) is 4.91. The van der Waals surface area contributed by atoms with E-state index in [2.05, 4.69) is 15.5 Å². The van der Waals surface area contributed by atoms with E-state index in [0.717, 1.165) is 11.3 Å². The molecule has 0 spiro atoms. The van der Waals surface area contributed by atoms with Gasteiger partial charge in [0.15, 0.2) is 11.0 Å². The van der Waals surface area contributed by atoms with E-state index in [0.29, 0.717) is 23.3 Å². The number of para-hydroxylation sites is 1. The van der Waals surface area contributed by atoms with Crippen LogP contribution in [0.5, 0.6) is 5.75 Å². The molecule has 0 bridgehead atoms. The molecule has 0 atom stereocenters. The van der Waals surface area contributed by atoms with Crippen molar-refractivity contribution < 1.29 is 14.5 Å². The Labute approximate surface area is 171 Å². The average Bonchev–Trinajstić information content (AvgIpc) is 3.08. The fraction of sp³-hybridized carbons (Fsp3) is 0.211. The van der Waals surface area contributed by atoms with E-state index in [4.69, 9.17) is 4.74 Å². The third-order valence-corrected chi connectivity index (χ3v) is 4.98. The summed E-state index contributed by atoms with van der Waals surface area (Å²) in [6, 6.07) is 13.2. The third-order valence-electron chi connectivity index (χ3n) is 3.96. The Balaban J connectivity index is 1.64. The molecule has 3 aromatic rings. The van der Waals surface area contributed by atoms with Crippen molar-refractivity contribution in [3.63, 3.8) is 0 Å². The highest BCUT2D eigenvalue weighted by Gasteiger charge is 2.16. The Bertz CT molecular complexity index is 1020. The number of amides is 1. The number of non-ortho nitro benzene ring substituents is 1. The molecular weight excluding hydrogens is 394 g/mol. The molecular formula is C19H19N5O4S. The lowest BCUT2D eigenvalue weighted by molar-refractivity contribution is -0.384. The minimum atomic E-state index is -0.489. The highest BCUT2D eigenvalue weighted by atomic mass is 32.2. The molecule has 1 heterocycles. The van der Waals surface area contributed by atoms with Gasteiger partial charge in [0.2, 0.25) is 5.91 Å². The van der Waals surface area contributed by atoms with E-state index in [1.807, 2.05) is 42.8 Å². The van der Waals surface area contributed by atoms with Crippen molar-refractivity contribution in [1.82, 2.24) is 14.8 Å². The van der Waals surface area contributed by atoms with Crippen molar-refractivity contribution in [2.24, 2.45) is 7.05 Å². The van der Waals surface area contributed by atoms with Crippen LogP contribution in [-0.4, -0.2) is 38.0 Å². The van der Waals surface area contributed by atoms with Gasteiger partial charge in [-0.2, -0.15) is 0 Å².